The summed E-state index contributed by atoms with van der Waals surface area (Å²) in [5.74, 6) is -0.243. The fourth-order valence-electron chi connectivity index (χ4n) is 2.04. The van der Waals surface area contributed by atoms with Crippen molar-refractivity contribution >= 4 is 5.97 Å². The summed E-state index contributed by atoms with van der Waals surface area (Å²) in [6, 6.07) is 9.79. The molecule has 98 valence electrons. The fourth-order valence-corrected chi connectivity index (χ4v) is 2.04. The Morgan fingerprint density at radius 3 is 2.72 bits per heavy atom. The second-order valence-corrected chi connectivity index (χ2v) is 4.86. The summed E-state index contributed by atoms with van der Waals surface area (Å²) in [5.41, 5.74) is 0.249. The van der Waals surface area contributed by atoms with Crippen LogP contribution in [0.5, 0.6) is 0 Å². The SMILES string of the molecule is CCCCCOC(=O)C1(C)OC1c1ccccc1. The van der Waals surface area contributed by atoms with E-state index in [1.807, 2.05) is 30.3 Å². The second-order valence-electron chi connectivity index (χ2n) is 4.86. The lowest BCUT2D eigenvalue weighted by Crippen LogP contribution is -2.24. The molecule has 3 nitrogen and oxygen atoms in total. The molecule has 0 aliphatic carbocycles. The highest BCUT2D eigenvalue weighted by atomic mass is 16.7. The first-order valence-corrected chi connectivity index (χ1v) is 6.58. The summed E-state index contributed by atoms with van der Waals surface area (Å²) in [7, 11) is 0. The molecule has 1 saturated heterocycles. The largest absolute Gasteiger partial charge is 0.463 e. The molecule has 1 aliphatic heterocycles. The molecule has 0 N–H and O–H groups in total. The third kappa shape index (κ3) is 2.72. The quantitative estimate of drug-likeness (QED) is 0.440. The minimum atomic E-state index is -0.784. The Labute approximate surface area is 108 Å². The minimum Gasteiger partial charge on any atom is -0.463 e. The van der Waals surface area contributed by atoms with Crippen LogP contribution < -0.4 is 0 Å². The zero-order chi connectivity index (χ0) is 13.0. The molecule has 1 aromatic carbocycles. The van der Waals surface area contributed by atoms with E-state index >= 15 is 0 Å². The van der Waals surface area contributed by atoms with Crippen molar-refractivity contribution < 1.29 is 14.3 Å². The van der Waals surface area contributed by atoms with Crippen LogP contribution in [-0.4, -0.2) is 18.2 Å². The first-order chi connectivity index (χ1) is 8.68. The third-order valence-electron chi connectivity index (χ3n) is 3.29. The molecule has 0 radical (unpaired) electrons. The van der Waals surface area contributed by atoms with Crippen LogP contribution >= 0.6 is 0 Å². The van der Waals surface area contributed by atoms with Gasteiger partial charge in [0.1, 0.15) is 6.10 Å². The number of esters is 1. The maximum Gasteiger partial charge on any atom is 0.341 e. The van der Waals surface area contributed by atoms with Gasteiger partial charge in [0.25, 0.3) is 0 Å². The summed E-state index contributed by atoms with van der Waals surface area (Å²) >= 11 is 0. The lowest BCUT2D eigenvalue weighted by Gasteiger charge is -2.07. The van der Waals surface area contributed by atoms with Crippen LogP contribution in [0, 0.1) is 0 Å². The smallest absolute Gasteiger partial charge is 0.341 e. The van der Waals surface area contributed by atoms with Crippen molar-refractivity contribution in [1.82, 2.24) is 0 Å². The average Bonchev–Trinajstić information content (AvgIpc) is 3.09. The van der Waals surface area contributed by atoms with Crippen LogP contribution in [-0.2, 0) is 14.3 Å². The van der Waals surface area contributed by atoms with Crippen LogP contribution in [0.15, 0.2) is 30.3 Å². The van der Waals surface area contributed by atoms with Gasteiger partial charge in [0, 0.05) is 0 Å². The van der Waals surface area contributed by atoms with Gasteiger partial charge in [-0.05, 0) is 18.9 Å². The summed E-state index contributed by atoms with van der Waals surface area (Å²) in [5, 5.41) is 0. The van der Waals surface area contributed by atoms with Crippen LogP contribution in [0.25, 0.3) is 0 Å². The molecule has 1 heterocycles. The monoisotopic (exact) mass is 248 g/mol. The topological polar surface area (TPSA) is 38.8 Å². The van der Waals surface area contributed by atoms with Gasteiger partial charge in [0.15, 0.2) is 5.60 Å². The highest BCUT2D eigenvalue weighted by molar-refractivity contribution is 5.83. The summed E-state index contributed by atoms with van der Waals surface area (Å²) < 4.78 is 10.8. The molecular weight excluding hydrogens is 228 g/mol. The number of carbonyl (C=O) groups excluding carboxylic acids is 1. The number of unbranched alkanes of at least 4 members (excludes halogenated alkanes) is 2. The van der Waals surface area contributed by atoms with Crippen molar-refractivity contribution in [3.05, 3.63) is 35.9 Å². The predicted molar refractivity (Wildman–Crippen MR) is 69.2 cm³/mol. The van der Waals surface area contributed by atoms with Gasteiger partial charge < -0.3 is 9.47 Å². The van der Waals surface area contributed by atoms with Gasteiger partial charge in [-0.25, -0.2) is 4.79 Å². The van der Waals surface area contributed by atoms with E-state index in [1.54, 1.807) is 6.92 Å². The summed E-state index contributed by atoms with van der Waals surface area (Å²) in [4.78, 5) is 11.9. The van der Waals surface area contributed by atoms with Gasteiger partial charge >= 0.3 is 5.97 Å². The first kappa shape index (κ1) is 13.1. The van der Waals surface area contributed by atoms with Crippen molar-refractivity contribution in [3.8, 4) is 0 Å². The van der Waals surface area contributed by atoms with Crippen LogP contribution in [0.1, 0.15) is 44.8 Å². The van der Waals surface area contributed by atoms with E-state index in [0.717, 1.165) is 24.8 Å². The zero-order valence-corrected chi connectivity index (χ0v) is 11.0. The van der Waals surface area contributed by atoms with E-state index in [0.29, 0.717) is 6.61 Å². The molecule has 1 aromatic rings. The number of rotatable bonds is 6. The fraction of sp³-hybridized carbons (Fsp3) is 0.533. The number of hydrogen-bond donors (Lipinski definition) is 0. The van der Waals surface area contributed by atoms with E-state index in [4.69, 9.17) is 9.47 Å². The van der Waals surface area contributed by atoms with Gasteiger partial charge in [-0.15, -0.1) is 0 Å². The normalized spacial score (nSPS) is 25.8. The lowest BCUT2D eigenvalue weighted by molar-refractivity contribution is -0.149. The Kier molecular flexibility index (Phi) is 4.02. The highest BCUT2D eigenvalue weighted by Crippen LogP contribution is 2.49. The maximum absolute atomic E-state index is 11.9. The molecule has 3 heteroatoms. The van der Waals surface area contributed by atoms with Gasteiger partial charge in [-0.1, -0.05) is 50.1 Å². The molecule has 0 amide bonds. The molecule has 0 bridgehead atoms. The predicted octanol–water partition coefficient (Wildman–Crippen LogP) is 3.25. The average molecular weight is 248 g/mol. The molecule has 0 aromatic heterocycles. The number of epoxide rings is 1. The van der Waals surface area contributed by atoms with Gasteiger partial charge in [0.2, 0.25) is 0 Å². The molecule has 2 rings (SSSR count). The molecule has 2 atom stereocenters. The van der Waals surface area contributed by atoms with Crippen LogP contribution in [0.4, 0.5) is 0 Å². The maximum atomic E-state index is 11.9. The van der Waals surface area contributed by atoms with E-state index in [9.17, 15) is 4.79 Å². The van der Waals surface area contributed by atoms with E-state index < -0.39 is 5.60 Å². The van der Waals surface area contributed by atoms with Gasteiger partial charge in [-0.2, -0.15) is 0 Å². The Hall–Kier alpha value is -1.35. The van der Waals surface area contributed by atoms with Crippen molar-refractivity contribution in [2.75, 3.05) is 6.61 Å². The molecule has 1 fully saturated rings. The molecule has 1 aliphatic rings. The van der Waals surface area contributed by atoms with Gasteiger partial charge in [-0.3, -0.25) is 0 Å². The third-order valence-corrected chi connectivity index (χ3v) is 3.29. The van der Waals surface area contributed by atoms with Crippen LogP contribution in [0.3, 0.4) is 0 Å². The van der Waals surface area contributed by atoms with E-state index in [2.05, 4.69) is 6.92 Å². The van der Waals surface area contributed by atoms with E-state index in [1.165, 1.54) is 0 Å². The number of carbonyl (C=O) groups is 1. The van der Waals surface area contributed by atoms with Crippen LogP contribution in [0.2, 0.25) is 0 Å². The molecule has 2 unspecified atom stereocenters. The summed E-state index contributed by atoms with van der Waals surface area (Å²) in [6.07, 6.45) is 2.98. The molecule has 0 spiro atoms. The summed E-state index contributed by atoms with van der Waals surface area (Å²) in [6.45, 7) is 4.42. The van der Waals surface area contributed by atoms with Gasteiger partial charge in [0.05, 0.1) is 6.61 Å². The standard InChI is InChI=1S/C15H20O3/c1-3-4-8-11-17-14(16)15(2)13(18-15)12-9-6-5-7-10-12/h5-7,9-10,13H,3-4,8,11H2,1-2H3. The Morgan fingerprint density at radius 2 is 2.06 bits per heavy atom. The molecule has 0 saturated carbocycles. The lowest BCUT2D eigenvalue weighted by atomic mass is 10.0. The molecular formula is C15H20O3. The Morgan fingerprint density at radius 1 is 1.33 bits per heavy atom. The zero-order valence-electron chi connectivity index (χ0n) is 11.0. The van der Waals surface area contributed by atoms with Crippen molar-refractivity contribution in [2.45, 2.75) is 44.8 Å². The van der Waals surface area contributed by atoms with Crippen molar-refractivity contribution in [2.24, 2.45) is 0 Å². The second kappa shape index (κ2) is 5.53. The molecule has 18 heavy (non-hydrogen) atoms. The number of hydrogen-bond acceptors (Lipinski definition) is 3. The van der Waals surface area contributed by atoms with Crippen molar-refractivity contribution in [3.63, 3.8) is 0 Å². The Balaban J connectivity index is 1.85. The van der Waals surface area contributed by atoms with E-state index in [-0.39, 0.29) is 12.1 Å². The minimum absolute atomic E-state index is 0.155. The number of ether oxygens (including phenoxy) is 2. The Bertz CT molecular complexity index is 401. The number of benzene rings is 1. The first-order valence-electron chi connectivity index (χ1n) is 6.58. The van der Waals surface area contributed by atoms with Crippen molar-refractivity contribution in [1.29, 1.82) is 0 Å². The highest BCUT2D eigenvalue weighted by Gasteiger charge is 2.60.